The van der Waals surface area contributed by atoms with Crippen molar-refractivity contribution in [2.24, 2.45) is 11.7 Å². The van der Waals surface area contributed by atoms with Crippen LogP contribution in [0.1, 0.15) is 0 Å². The highest BCUT2D eigenvalue weighted by Gasteiger charge is 2.38. The predicted molar refractivity (Wildman–Crippen MR) is 46.9 cm³/mol. The van der Waals surface area contributed by atoms with Crippen LogP contribution in [-0.2, 0) is 0 Å². The molecule has 0 amide bonds. The first-order valence-corrected chi connectivity index (χ1v) is 3.94. The Morgan fingerprint density at radius 1 is 1.62 bits per heavy atom. The maximum absolute atomic E-state index is 10.6. The van der Waals surface area contributed by atoms with Crippen molar-refractivity contribution < 1.29 is 4.92 Å². The van der Waals surface area contributed by atoms with E-state index in [1.807, 2.05) is 6.08 Å². The molecule has 5 nitrogen and oxygen atoms in total. The van der Waals surface area contributed by atoms with E-state index in [1.54, 1.807) is 12.2 Å². The molecular weight excluding hydrogens is 170 g/mol. The number of nitro groups is 1. The van der Waals surface area contributed by atoms with Gasteiger partial charge in [-0.05, 0) is 6.08 Å². The Hall–Kier alpha value is -1.78. The second-order valence-corrected chi connectivity index (χ2v) is 3.05. The van der Waals surface area contributed by atoms with Crippen molar-refractivity contribution >= 4 is 0 Å². The summed E-state index contributed by atoms with van der Waals surface area (Å²) in [6, 6.07) is -0.0506. The Labute approximate surface area is 74.8 Å². The van der Waals surface area contributed by atoms with E-state index in [9.17, 15) is 10.1 Å². The predicted octanol–water partition coefficient (Wildman–Crippen LogP) is 0.105. The molecule has 1 aliphatic heterocycles. The number of hydrogen-bond donors (Lipinski definition) is 2. The monoisotopic (exact) mass is 179 g/mol. The summed E-state index contributed by atoms with van der Waals surface area (Å²) in [7, 11) is 0. The summed E-state index contributed by atoms with van der Waals surface area (Å²) in [6.45, 7) is 0. The molecule has 0 saturated heterocycles. The Morgan fingerprint density at radius 2 is 2.38 bits per heavy atom. The summed E-state index contributed by atoms with van der Waals surface area (Å²) in [5.41, 5.74) is 6.36. The number of nitrogens with one attached hydrogen (secondary N) is 1. The van der Waals surface area contributed by atoms with Gasteiger partial charge in [0, 0.05) is 5.70 Å². The Morgan fingerprint density at radius 3 is 3.08 bits per heavy atom. The zero-order valence-corrected chi connectivity index (χ0v) is 6.81. The summed E-state index contributed by atoms with van der Waals surface area (Å²) in [5.74, 6) is -0.306. The third-order valence-electron chi connectivity index (χ3n) is 2.28. The largest absolute Gasteiger partial charge is 0.401 e. The first-order chi connectivity index (χ1) is 6.20. The molecule has 0 radical (unpaired) electrons. The van der Waals surface area contributed by atoms with Crippen LogP contribution in [0.3, 0.4) is 0 Å². The van der Waals surface area contributed by atoms with E-state index in [1.165, 1.54) is 6.20 Å². The van der Waals surface area contributed by atoms with Crippen LogP contribution in [0.15, 0.2) is 35.8 Å². The molecule has 2 atom stereocenters. The van der Waals surface area contributed by atoms with Gasteiger partial charge in [0.25, 0.3) is 5.70 Å². The van der Waals surface area contributed by atoms with Gasteiger partial charge in [0.1, 0.15) is 5.92 Å². The summed E-state index contributed by atoms with van der Waals surface area (Å²) in [6.07, 6.45) is 6.80. The molecule has 1 heterocycles. The van der Waals surface area contributed by atoms with Crippen LogP contribution in [0, 0.1) is 16.0 Å². The minimum absolute atomic E-state index is 0.0506. The number of nitrogens with zero attached hydrogens (tertiary/aromatic N) is 1. The van der Waals surface area contributed by atoms with Crippen molar-refractivity contribution in [1.29, 1.82) is 0 Å². The molecule has 0 aromatic heterocycles. The molecule has 0 bridgehead atoms. The number of nitrogens with two attached hydrogens (primary N) is 1. The molecule has 0 spiro atoms. The normalized spacial score (nSPS) is 30.2. The van der Waals surface area contributed by atoms with Gasteiger partial charge in [0.2, 0.25) is 0 Å². The lowest BCUT2D eigenvalue weighted by Gasteiger charge is -2.18. The van der Waals surface area contributed by atoms with Gasteiger partial charge >= 0.3 is 0 Å². The number of rotatable bonds is 1. The van der Waals surface area contributed by atoms with Gasteiger partial charge in [-0.3, -0.25) is 10.1 Å². The van der Waals surface area contributed by atoms with Crippen molar-refractivity contribution in [2.75, 3.05) is 0 Å². The summed E-state index contributed by atoms with van der Waals surface area (Å²) in [5, 5.41) is 13.5. The first-order valence-electron chi connectivity index (χ1n) is 3.94. The number of allylic oxidation sites excluding steroid dienone is 2. The molecule has 0 aromatic rings. The second kappa shape index (κ2) is 2.62. The van der Waals surface area contributed by atoms with Gasteiger partial charge < -0.3 is 11.1 Å². The smallest absolute Gasteiger partial charge is 0.273 e. The number of hydrogen-bond acceptors (Lipinski definition) is 4. The van der Waals surface area contributed by atoms with E-state index < -0.39 is 4.92 Å². The van der Waals surface area contributed by atoms with Crippen LogP contribution >= 0.6 is 0 Å². The quantitative estimate of drug-likeness (QED) is 0.442. The fourth-order valence-corrected chi connectivity index (χ4v) is 1.65. The van der Waals surface area contributed by atoms with E-state index in [2.05, 4.69) is 5.32 Å². The highest BCUT2D eigenvalue weighted by molar-refractivity contribution is 5.33. The Balaban J connectivity index is 2.33. The molecule has 3 N–H and O–H groups in total. The standard InChI is InChI=1S/C8H9N3O2/c9-5-2-1-3-6-8(5)7(4-10-6)11(12)13/h1-4,6,8,10H,9H2. The van der Waals surface area contributed by atoms with E-state index >= 15 is 0 Å². The molecule has 0 aromatic carbocycles. The van der Waals surface area contributed by atoms with E-state index in [0.29, 0.717) is 5.70 Å². The second-order valence-electron chi connectivity index (χ2n) is 3.05. The van der Waals surface area contributed by atoms with E-state index in [4.69, 9.17) is 5.73 Å². The lowest BCUT2D eigenvalue weighted by atomic mass is 9.92. The average Bonchev–Trinajstić information content (AvgIpc) is 2.49. The van der Waals surface area contributed by atoms with E-state index in [0.717, 1.165) is 0 Å². The fourth-order valence-electron chi connectivity index (χ4n) is 1.65. The highest BCUT2D eigenvalue weighted by Crippen LogP contribution is 2.29. The van der Waals surface area contributed by atoms with Crippen LogP contribution in [0.25, 0.3) is 0 Å². The van der Waals surface area contributed by atoms with Crippen LogP contribution in [0.2, 0.25) is 0 Å². The van der Waals surface area contributed by atoms with Gasteiger partial charge in [-0.2, -0.15) is 0 Å². The lowest BCUT2D eigenvalue weighted by molar-refractivity contribution is -0.431. The van der Waals surface area contributed by atoms with Crippen LogP contribution < -0.4 is 11.1 Å². The molecule has 2 rings (SSSR count). The third kappa shape index (κ3) is 1.09. The minimum Gasteiger partial charge on any atom is -0.401 e. The first kappa shape index (κ1) is 7.85. The zero-order valence-electron chi connectivity index (χ0n) is 6.81. The summed E-state index contributed by atoms with van der Waals surface area (Å²) < 4.78 is 0. The zero-order chi connectivity index (χ0) is 9.42. The average molecular weight is 179 g/mol. The molecule has 1 aliphatic carbocycles. The maximum Gasteiger partial charge on any atom is 0.273 e. The van der Waals surface area contributed by atoms with Gasteiger partial charge in [-0.25, -0.2) is 0 Å². The van der Waals surface area contributed by atoms with E-state index in [-0.39, 0.29) is 17.7 Å². The third-order valence-corrected chi connectivity index (χ3v) is 2.28. The molecule has 2 unspecified atom stereocenters. The minimum atomic E-state index is -0.391. The Bertz CT molecular complexity index is 343. The Kier molecular flexibility index (Phi) is 1.58. The van der Waals surface area contributed by atoms with Gasteiger partial charge in [0.05, 0.1) is 17.2 Å². The fraction of sp³-hybridized carbons (Fsp3) is 0.250. The SMILES string of the molecule is NC1=CC=CC2NC=C([N+](=O)[O-])C12. The van der Waals surface area contributed by atoms with Crippen molar-refractivity contribution in [3.63, 3.8) is 0 Å². The van der Waals surface area contributed by atoms with Gasteiger partial charge in [-0.1, -0.05) is 12.2 Å². The van der Waals surface area contributed by atoms with Gasteiger partial charge in [0.15, 0.2) is 0 Å². The maximum atomic E-state index is 10.6. The molecule has 5 heteroatoms. The summed E-state index contributed by atoms with van der Waals surface area (Å²) >= 11 is 0. The van der Waals surface area contributed by atoms with Crippen molar-refractivity contribution in [3.05, 3.63) is 45.9 Å². The molecule has 13 heavy (non-hydrogen) atoms. The highest BCUT2D eigenvalue weighted by atomic mass is 16.6. The molecule has 0 saturated carbocycles. The topological polar surface area (TPSA) is 81.2 Å². The lowest BCUT2D eigenvalue weighted by Crippen LogP contribution is -2.32. The van der Waals surface area contributed by atoms with Crippen LogP contribution in [-0.4, -0.2) is 11.0 Å². The van der Waals surface area contributed by atoms with Crippen LogP contribution in [0.5, 0.6) is 0 Å². The van der Waals surface area contributed by atoms with Crippen molar-refractivity contribution in [1.82, 2.24) is 5.32 Å². The van der Waals surface area contributed by atoms with Gasteiger partial charge in [-0.15, -0.1) is 0 Å². The molecule has 0 fully saturated rings. The van der Waals surface area contributed by atoms with Crippen molar-refractivity contribution in [3.8, 4) is 0 Å². The summed E-state index contributed by atoms with van der Waals surface area (Å²) in [4.78, 5) is 10.2. The number of fused-ring (bicyclic) bond motifs is 1. The molecular formula is C8H9N3O2. The molecule has 2 aliphatic rings. The molecule has 68 valence electrons. The van der Waals surface area contributed by atoms with Crippen LogP contribution in [0.4, 0.5) is 0 Å². The van der Waals surface area contributed by atoms with Crippen molar-refractivity contribution in [2.45, 2.75) is 6.04 Å².